The van der Waals surface area contributed by atoms with Crippen LogP contribution >= 0.6 is 11.3 Å². The van der Waals surface area contributed by atoms with Crippen molar-refractivity contribution in [2.45, 2.75) is 6.42 Å². The average molecular weight is 325 g/mol. The van der Waals surface area contributed by atoms with Crippen LogP contribution in [0.1, 0.15) is 5.69 Å². The number of anilines is 1. The number of hydrogen-bond donors (Lipinski definition) is 1. The van der Waals surface area contributed by atoms with E-state index in [1.165, 1.54) is 6.33 Å². The summed E-state index contributed by atoms with van der Waals surface area (Å²) in [6.07, 6.45) is 5.54. The average Bonchev–Trinajstić information content (AvgIpc) is 3.24. The minimum Gasteiger partial charge on any atom is -0.326 e. The molecule has 0 aliphatic rings. The Labute approximate surface area is 134 Å². The number of thiazole rings is 1. The van der Waals surface area contributed by atoms with Gasteiger partial charge in [-0.25, -0.2) is 9.67 Å². The third-order valence-electron chi connectivity index (χ3n) is 3.25. The van der Waals surface area contributed by atoms with Crippen molar-refractivity contribution in [3.05, 3.63) is 54.1 Å². The topological polar surface area (TPSA) is 90.0 Å². The Morgan fingerprint density at radius 3 is 2.87 bits per heavy atom. The molecule has 0 bridgehead atoms. The number of aromatic nitrogens is 6. The van der Waals surface area contributed by atoms with Gasteiger partial charge in [-0.3, -0.25) is 9.20 Å². The van der Waals surface area contributed by atoms with E-state index < -0.39 is 0 Å². The van der Waals surface area contributed by atoms with Crippen molar-refractivity contribution < 1.29 is 4.79 Å². The fraction of sp³-hybridized carbons (Fsp3) is 0.0714. The first kappa shape index (κ1) is 13.6. The first-order chi connectivity index (χ1) is 11.3. The highest BCUT2D eigenvalue weighted by atomic mass is 32.1. The molecular formula is C14H11N7OS. The zero-order valence-corrected chi connectivity index (χ0v) is 12.6. The number of benzene rings is 1. The summed E-state index contributed by atoms with van der Waals surface area (Å²) in [6, 6.07) is 7.28. The minimum atomic E-state index is -0.106. The normalized spacial score (nSPS) is 11.0. The molecule has 1 amide bonds. The third-order valence-corrected chi connectivity index (χ3v) is 4.02. The van der Waals surface area contributed by atoms with Gasteiger partial charge < -0.3 is 5.32 Å². The van der Waals surface area contributed by atoms with Crippen molar-refractivity contribution in [1.82, 2.24) is 29.6 Å². The van der Waals surface area contributed by atoms with Gasteiger partial charge in [0.05, 0.1) is 17.8 Å². The molecule has 0 radical (unpaired) electrons. The van der Waals surface area contributed by atoms with Crippen LogP contribution in [-0.4, -0.2) is 35.5 Å². The highest BCUT2D eigenvalue weighted by molar-refractivity contribution is 7.15. The molecule has 3 aromatic heterocycles. The fourth-order valence-corrected chi connectivity index (χ4v) is 2.93. The second-order valence-electron chi connectivity index (χ2n) is 4.85. The molecule has 0 spiro atoms. The molecule has 0 atom stereocenters. The number of fused-ring (bicyclic) bond motifs is 1. The Hall–Kier alpha value is -3.07. The number of nitrogens with one attached hydrogen (secondary N) is 1. The summed E-state index contributed by atoms with van der Waals surface area (Å²) in [4.78, 5) is 17.4. The largest absolute Gasteiger partial charge is 0.326 e. The Balaban J connectivity index is 1.43. The van der Waals surface area contributed by atoms with Crippen LogP contribution in [0.2, 0.25) is 0 Å². The molecule has 0 saturated heterocycles. The first-order valence-electron chi connectivity index (χ1n) is 6.82. The van der Waals surface area contributed by atoms with Crippen LogP contribution < -0.4 is 5.32 Å². The van der Waals surface area contributed by atoms with Gasteiger partial charge in [-0.2, -0.15) is 0 Å². The van der Waals surface area contributed by atoms with Gasteiger partial charge in [0, 0.05) is 23.5 Å². The van der Waals surface area contributed by atoms with Crippen molar-refractivity contribution in [3.8, 4) is 5.69 Å². The zero-order chi connectivity index (χ0) is 15.6. The van der Waals surface area contributed by atoms with E-state index in [0.29, 0.717) is 5.69 Å². The highest BCUT2D eigenvalue weighted by Crippen LogP contribution is 2.14. The van der Waals surface area contributed by atoms with Gasteiger partial charge in [0.1, 0.15) is 6.33 Å². The third kappa shape index (κ3) is 2.81. The van der Waals surface area contributed by atoms with Crippen LogP contribution in [0.15, 0.2) is 48.4 Å². The second kappa shape index (κ2) is 5.61. The van der Waals surface area contributed by atoms with E-state index in [0.717, 1.165) is 16.3 Å². The van der Waals surface area contributed by atoms with E-state index >= 15 is 0 Å². The highest BCUT2D eigenvalue weighted by Gasteiger charge is 2.09. The summed E-state index contributed by atoms with van der Waals surface area (Å²) in [5, 5.41) is 15.8. The Morgan fingerprint density at radius 2 is 2.13 bits per heavy atom. The van der Waals surface area contributed by atoms with E-state index in [9.17, 15) is 4.79 Å². The van der Waals surface area contributed by atoms with E-state index in [-0.39, 0.29) is 12.3 Å². The molecule has 0 unspecified atom stereocenters. The monoisotopic (exact) mass is 325 g/mol. The van der Waals surface area contributed by atoms with Crippen molar-refractivity contribution in [1.29, 1.82) is 0 Å². The van der Waals surface area contributed by atoms with Gasteiger partial charge in [-0.1, -0.05) is 0 Å². The quantitative estimate of drug-likeness (QED) is 0.615. The molecule has 3 heterocycles. The lowest BCUT2D eigenvalue weighted by Crippen LogP contribution is -2.14. The van der Waals surface area contributed by atoms with Gasteiger partial charge in [-0.15, -0.1) is 16.4 Å². The van der Waals surface area contributed by atoms with E-state index in [1.54, 1.807) is 28.2 Å². The molecule has 0 aliphatic heterocycles. The maximum atomic E-state index is 12.1. The van der Waals surface area contributed by atoms with Crippen LogP contribution in [0, 0.1) is 0 Å². The number of rotatable bonds is 4. The standard InChI is InChI=1S/C14H11N7OS/c22-13(7-11-8-20-5-6-23-14(20)17-11)16-10-1-3-12(4-2-10)21-9-15-18-19-21/h1-6,8-9H,7H2,(H,16,22). The van der Waals surface area contributed by atoms with Gasteiger partial charge >= 0.3 is 0 Å². The number of hydrogen-bond acceptors (Lipinski definition) is 6. The molecular weight excluding hydrogens is 314 g/mol. The first-order valence-corrected chi connectivity index (χ1v) is 7.70. The van der Waals surface area contributed by atoms with Gasteiger partial charge in [0.15, 0.2) is 4.96 Å². The van der Waals surface area contributed by atoms with Crippen LogP contribution in [0.3, 0.4) is 0 Å². The van der Waals surface area contributed by atoms with Gasteiger partial charge in [-0.05, 0) is 34.7 Å². The van der Waals surface area contributed by atoms with Crippen molar-refractivity contribution in [2.75, 3.05) is 5.32 Å². The van der Waals surface area contributed by atoms with Crippen molar-refractivity contribution >= 4 is 27.9 Å². The molecule has 4 rings (SSSR count). The molecule has 1 N–H and O–H groups in total. The summed E-state index contributed by atoms with van der Waals surface area (Å²) in [5.74, 6) is -0.106. The zero-order valence-electron chi connectivity index (χ0n) is 11.8. The smallest absolute Gasteiger partial charge is 0.230 e. The maximum absolute atomic E-state index is 12.1. The molecule has 8 nitrogen and oxygen atoms in total. The molecule has 114 valence electrons. The maximum Gasteiger partial charge on any atom is 0.230 e. The van der Waals surface area contributed by atoms with Crippen LogP contribution in [-0.2, 0) is 11.2 Å². The van der Waals surface area contributed by atoms with Crippen molar-refractivity contribution in [2.24, 2.45) is 0 Å². The Morgan fingerprint density at radius 1 is 1.26 bits per heavy atom. The number of carbonyl (C=O) groups excluding carboxylic acids is 1. The molecule has 0 aliphatic carbocycles. The molecule has 0 saturated carbocycles. The molecule has 1 aromatic carbocycles. The lowest BCUT2D eigenvalue weighted by molar-refractivity contribution is -0.115. The van der Waals surface area contributed by atoms with Crippen LogP contribution in [0.5, 0.6) is 0 Å². The van der Waals surface area contributed by atoms with Crippen molar-refractivity contribution in [3.63, 3.8) is 0 Å². The molecule has 0 fully saturated rings. The predicted octanol–water partition coefficient (Wildman–Crippen LogP) is 1.55. The Kier molecular flexibility index (Phi) is 3.31. The number of nitrogens with zero attached hydrogens (tertiary/aromatic N) is 6. The lowest BCUT2D eigenvalue weighted by Gasteiger charge is -2.05. The number of carbonyl (C=O) groups is 1. The van der Waals surface area contributed by atoms with Crippen LogP contribution in [0.4, 0.5) is 5.69 Å². The summed E-state index contributed by atoms with van der Waals surface area (Å²) in [6.45, 7) is 0. The summed E-state index contributed by atoms with van der Waals surface area (Å²) >= 11 is 1.54. The number of amides is 1. The lowest BCUT2D eigenvalue weighted by atomic mass is 10.2. The molecule has 4 aromatic rings. The summed E-state index contributed by atoms with van der Waals surface area (Å²) in [5.41, 5.74) is 2.29. The Bertz CT molecular complexity index is 911. The summed E-state index contributed by atoms with van der Waals surface area (Å²) < 4.78 is 3.46. The predicted molar refractivity (Wildman–Crippen MR) is 84.6 cm³/mol. The summed E-state index contributed by atoms with van der Waals surface area (Å²) in [7, 11) is 0. The van der Waals surface area contributed by atoms with Gasteiger partial charge in [0.25, 0.3) is 0 Å². The van der Waals surface area contributed by atoms with E-state index in [2.05, 4.69) is 25.8 Å². The fourth-order valence-electron chi connectivity index (χ4n) is 2.21. The van der Waals surface area contributed by atoms with Gasteiger partial charge in [0.2, 0.25) is 5.91 Å². The molecule has 9 heteroatoms. The molecule has 23 heavy (non-hydrogen) atoms. The number of imidazole rings is 1. The second-order valence-corrected chi connectivity index (χ2v) is 5.72. The number of tetrazole rings is 1. The van der Waals surface area contributed by atoms with E-state index in [1.807, 2.05) is 34.3 Å². The van der Waals surface area contributed by atoms with E-state index in [4.69, 9.17) is 0 Å². The minimum absolute atomic E-state index is 0.106. The SMILES string of the molecule is O=C(Cc1cn2ccsc2n1)Nc1ccc(-n2cnnn2)cc1. The van der Waals surface area contributed by atoms with Crippen LogP contribution in [0.25, 0.3) is 10.6 Å².